The number of carbonyl (C=O) groups excluding carboxylic acids is 2. The smallest absolute Gasteiger partial charge is 0.414 e. The molecule has 6 nitrogen and oxygen atoms in total. The fourth-order valence-corrected chi connectivity index (χ4v) is 0.918. The van der Waals surface area contributed by atoms with Crippen molar-refractivity contribution in [2.45, 2.75) is 26.4 Å². The number of nitrogens with one attached hydrogen (secondary N) is 1. The summed E-state index contributed by atoms with van der Waals surface area (Å²) in [4.78, 5) is 28.7. The second kappa shape index (κ2) is 4.86. The number of aromatic nitrogens is 2. The van der Waals surface area contributed by atoms with E-state index in [4.69, 9.17) is 4.74 Å². The first kappa shape index (κ1) is 13.0. The molecule has 0 atom stereocenters. The molecule has 0 unspecified atom stereocenters. The second-order valence-corrected chi connectivity index (χ2v) is 4.17. The van der Waals surface area contributed by atoms with Crippen LogP contribution in [0.3, 0.4) is 0 Å². The summed E-state index contributed by atoms with van der Waals surface area (Å²) in [6.07, 6.45) is 0.252. The number of nitrogens with zero attached hydrogens (tertiary/aromatic N) is 2. The Kier molecular flexibility index (Phi) is 3.72. The molecule has 1 rings (SSSR count). The summed E-state index contributed by atoms with van der Waals surface area (Å²) in [5.74, 6) is -1.04. The van der Waals surface area contributed by atoms with Gasteiger partial charge in [-0.2, -0.15) is 0 Å². The summed E-state index contributed by atoms with van der Waals surface area (Å²) in [5.41, 5.74) is -1.09. The molecule has 1 amide bonds. The highest BCUT2D eigenvalue weighted by atomic mass is 19.1. The third-order valence-corrected chi connectivity index (χ3v) is 1.50. The molecule has 0 fully saturated rings. The van der Waals surface area contributed by atoms with Crippen LogP contribution in [0.2, 0.25) is 0 Å². The molecule has 1 heterocycles. The van der Waals surface area contributed by atoms with Crippen LogP contribution in [0.25, 0.3) is 0 Å². The first-order chi connectivity index (χ1) is 7.81. The van der Waals surface area contributed by atoms with Crippen LogP contribution in [-0.2, 0) is 4.74 Å². The molecule has 0 radical (unpaired) electrons. The number of carbonyl (C=O) groups is 2. The van der Waals surface area contributed by atoms with E-state index in [1.54, 1.807) is 20.8 Å². The zero-order valence-electron chi connectivity index (χ0n) is 9.65. The molecule has 0 saturated carbocycles. The topological polar surface area (TPSA) is 81.2 Å². The highest BCUT2D eigenvalue weighted by Crippen LogP contribution is 2.09. The molecule has 17 heavy (non-hydrogen) atoms. The van der Waals surface area contributed by atoms with Crippen molar-refractivity contribution in [1.82, 2.24) is 9.97 Å². The van der Waals surface area contributed by atoms with E-state index in [9.17, 15) is 14.0 Å². The van der Waals surface area contributed by atoms with Gasteiger partial charge in [0.05, 0.1) is 6.20 Å². The number of rotatable bonds is 2. The van der Waals surface area contributed by atoms with Gasteiger partial charge in [-0.15, -0.1) is 0 Å². The Morgan fingerprint density at radius 1 is 1.53 bits per heavy atom. The van der Waals surface area contributed by atoms with Crippen LogP contribution in [0.15, 0.2) is 6.20 Å². The van der Waals surface area contributed by atoms with Crippen molar-refractivity contribution in [3.8, 4) is 0 Å². The summed E-state index contributed by atoms with van der Waals surface area (Å²) in [6, 6.07) is 0. The lowest BCUT2D eigenvalue weighted by molar-refractivity contribution is 0.0634. The van der Waals surface area contributed by atoms with Crippen molar-refractivity contribution in [3.05, 3.63) is 17.7 Å². The van der Waals surface area contributed by atoms with Gasteiger partial charge in [0.25, 0.3) is 0 Å². The maximum absolute atomic E-state index is 12.9. The zero-order chi connectivity index (χ0) is 13.1. The van der Waals surface area contributed by atoms with Gasteiger partial charge in [0.15, 0.2) is 12.1 Å². The minimum atomic E-state index is -0.852. The van der Waals surface area contributed by atoms with E-state index in [2.05, 4.69) is 15.3 Å². The van der Waals surface area contributed by atoms with E-state index in [1.807, 2.05) is 0 Å². The summed E-state index contributed by atoms with van der Waals surface area (Å²) >= 11 is 0. The van der Waals surface area contributed by atoms with E-state index in [-0.39, 0.29) is 12.2 Å². The molecule has 0 aromatic carbocycles. The van der Waals surface area contributed by atoms with Crippen LogP contribution in [0.4, 0.5) is 15.1 Å². The van der Waals surface area contributed by atoms with E-state index in [0.717, 1.165) is 6.20 Å². The van der Waals surface area contributed by atoms with Gasteiger partial charge in [0.1, 0.15) is 11.3 Å². The first-order valence-corrected chi connectivity index (χ1v) is 4.79. The molecule has 7 heteroatoms. The number of ether oxygens (including phenoxy) is 1. The predicted octanol–water partition coefficient (Wildman–Crippen LogP) is 1.78. The monoisotopic (exact) mass is 241 g/mol. The molecule has 0 aliphatic heterocycles. The second-order valence-electron chi connectivity index (χ2n) is 4.17. The van der Waals surface area contributed by atoms with Gasteiger partial charge < -0.3 is 4.74 Å². The maximum Gasteiger partial charge on any atom is 0.414 e. The first-order valence-electron chi connectivity index (χ1n) is 4.79. The molecule has 0 saturated heterocycles. The van der Waals surface area contributed by atoms with Crippen LogP contribution in [0.5, 0.6) is 0 Å². The number of halogens is 1. The number of hydrogen-bond donors (Lipinski definition) is 1. The average Bonchev–Trinajstić information content (AvgIpc) is 2.18. The fourth-order valence-electron chi connectivity index (χ4n) is 0.918. The van der Waals surface area contributed by atoms with E-state index < -0.39 is 23.2 Å². The van der Waals surface area contributed by atoms with Gasteiger partial charge in [-0.3, -0.25) is 10.1 Å². The van der Waals surface area contributed by atoms with E-state index >= 15 is 0 Å². The Balaban J connectivity index is 2.75. The van der Waals surface area contributed by atoms with Crippen molar-refractivity contribution in [2.75, 3.05) is 5.32 Å². The minimum absolute atomic E-state index is 0.192. The van der Waals surface area contributed by atoms with Crippen molar-refractivity contribution in [1.29, 1.82) is 0 Å². The molecule has 1 N–H and O–H groups in total. The van der Waals surface area contributed by atoms with E-state index in [0.29, 0.717) is 0 Å². The normalized spacial score (nSPS) is 10.8. The Labute approximate surface area is 97.2 Å². The zero-order valence-corrected chi connectivity index (χ0v) is 9.65. The van der Waals surface area contributed by atoms with Crippen LogP contribution in [0.1, 0.15) is 31.3 Å². The number of anilines is 1. The lowest BCUT2D eigenvalue weighted by atomic mass is 10.2. The summed E-state index contributed by atoms with van der Waals surface area (Å²) < 4.78 is 17.8. The number of aldehydes is 1. The van der Waals surface area contributed by atoms with Crippen LogP contribution in [0, 0.1) is 5.82 Å². The van der Waals surface area contributed by atoms with Crippen molar-refractivity contribution < 1.29 is 18.7 Å². The summed E-state index contributed by atoms with van der Waals surface area (Å²) in [5, 5.41) is 2.19. The molecule has 0 aliphatic rings. The molecular weight excluding hydrogens is 229 g/mol. The van der Waals surface area contributed by atoms with Crippen molar-refractivity contribution in [2.24, 2.45) is 0 Å². The highest BCUT2D eigenvalue weighted by molar-refractivity contribution is 5.83. The quantitative estimate of drug-likeness (QED) is 0.798. The summed E-state index contributed by atoms with van der Waals surface area (Å²) in [7, 11) is 0. The molecule has 1 aromatic heterocycles. The molecule has 0 aliphatic carbocycles. The summed E-state index contributed by atoms with van der Waals surface area (Å²) in [6.45, 7) is 5.07. The Bertz CT molecular complexity index is 443. The van der Waals surface area contributed by atoms with Gasteiger partial charge in [-0.25, -0.2) is 19.2 Å². The van der Waals surface area contributed by atoms with Gasteiger partial charge in [-0.1, -0.05) is 0 Å². The SMILES string of the molecule is CC(C)(C)OC(=O)Nc1ncc(F)c(C=O)n1. The lowest BCUT2D eigenvalue weighted by Crippen LogP contribution is -2.28. The molecule has 0 spiro atoms. The van der Waals surface area contributed by atoms with Gasteiger partial charge in [0, 0.05) is 0 Å². The third kappa shape index (κ3) is 4.13. The number of hydrogen-bond acceptors (Lipinski definition) is 5. The molecule has 0 bridgehead atoms. The molecular formula is C10H12FN3O3. The van der Waals surface area contributed by atoms with Crippen LogP contribution < -0.4 is 5.32 Å². The lowest BCUT2D eigenvalue weighted by Gasteiger charge is -2.19. The molecule has 1 aromatic rings. The standard InChI is InChI=1S/C10H12FN3O3/c1-10(2,3)17-9(16)14-8-12-4-6(11)7(5-15)13-8/h4-5H,1-3H3,(H,12,13,14,16). The van der Waals surface area contributed by atoms with Crippen molar-refractivity contribution in [3.63, 3.8) is 0 Å². The van der Waals surface area contributed by atoms with Gasteiger partial charge in [-0.05, 0) is 20.8 Å². The Hall–Kier alpha value is -2.05. The van der Waals surface area contributed by atoms with Crippen molar-refractivity contribution >= 4 is 18.3 Å². The van der Waals surface area contributed by atoms with Gasteiger partial charge >= 0.3 is 6.09 Å². The highest BCUT2D eigenvalue weighted by Gasteiger charge is 2.17. The predicted molar refractivity (Wildman–Crippen MR) is 57.2 cm³/mol. The van der Waals surface area contributed by atoms with Crippen LogP contribution in [-0.4, -0.2) is 27.9 Å². The fraction of sp³-hybridized carbons (Fsp3) is 0.400. The largest absolute Gasteiger partial charge is 0.444 e. The molecule has 92 valence electrons. The van der Waals surface area contributed by atoms with Crippen LogP contribution >= 0.6 is 0 Å². The Morgan fingerprint density at radius 2 is 2.18 bits per heavy atom. The maximum atomic E-state index is 12.9. The third-order valence-electron chi connectivity index (χ3n) is 1.50. The Morgan fingerprint density at radius 3 is 2.71 bits per heavy atom. The average molecular weight is 241 g/mol. The van der Waals surface area contributed by atoms with Gasteiger partial charge in [0.2, 0.25) is 5.95 Å². The van der Waals surface area contributed by atoms with E-state index in [1.165, 1.54) is 0 Å². The minimum Gasteiger partial charge on any atom is -0.444 e. The number of amides is 1.